The summed E-state index contributed by atoms with van der Waals surface area (Å²) in [4.78, 5) is 7.84. The second-order valence-corrected chi connectivity index (χ2v) is 5.58. The highest BCUT2D eigenvalue weighted by atomic mass is 19.1. The Kier molecular flexibility index (Phi) is 2.15. The van der Waals surface area contributed by atoms with Gasteiger partial charge in [0.15, 0.2) is 0 Å². The second-order valence-electron chi connectivity index (χ2n) is 5.58. The molecule has 0 bridgehead atoms. The molecule has 2 nitrogen and oxygen atoms in total. The molecule has 0 aliphatic carbocycles. The molecule has 0 aliphatic heterocycles. The second kappa shape index (κ2) is 4.04. The molecule has 22 heavy (non-hydrogen) atoms. The molecular weight excluding hydrogens is 275 g/mol. The first kappa shape index (κ1) is 11.7. The zero-order chi connectivity index (χ0) is 14.7. The van der Waals surface area contributed by atoms with Gasteiger partial charge in [-0.3, -0.25) is 4.98 Å². The number of aromatic nitrogens is 2. The SMILES string of the molecule is Fc1ccc2c(c1)ncc1cc3c(cc12)[nH]c1ccccc13. The van der Waals surface area contributed by atoms with Crippen molar-refractivity contribution in [1.29, 1.82) is 0 Å². The lowest BCUT2D eigenvalue weighted by atomic mass is 10.0. The minimum atomic E-state index is -0.258. The zero-order valence-corrected chi connectivity index (χ0v) is 11.6. The summed E-state index contributed by atoms with van der Waals surface area (Å²) in [6, 6.07) is 17.3. The van der Waals surface area contributed by atoms with Gasteiger partial charge in [-0.1, -0.05) is 18.2 Å². The molecule has 2 heterocycles. The number of hydrogen-bond acceptors (Lipinski definition) is 1. The highest BCUT2D eigenvalue weighted by Crippen LogP contribution is 2.32. The van der Waals surface area contributed by atoms with E-state index in [0.29, 0.717) is 5.52 Å². The van der Waals surface area contributed by atoms with Crippen LogP contribution in [0.3, 0.4) is 0 Å². The minimum Gasteiger partial charge on any atom is -0.354 e. The molecule has 0 unspecified atom stereocenters. The molecule has 0 amide bonds. The van der Waals surface area contributed by atoms with E-state index in [1.807, 2.05) is 18.3 Å². The standard InChI is InChI=1S/C19H11FN2/c20-12-5-6-14-15-9-19-16(7-11(15)10-21-18(14)8-12)13-3-1-2-4-17(13)22-19/h1-10,22H. The number of para-hydroxylation sites is 1. The van der Waals surface area contributed by atoms with Crippen LogP contribution < -0.4 is 0 Å². The van der Waals surface area contributed by atoms with Crippen molar-refractivity contribution < 1.29 is 4.39 Å². The Morgan fingerprint density at radius 1 is 0.773 bits per heavy atom. The van der Waals surface area contributed by atoms with E-state index < -0.39 is 0 Å². The van der Waals surface area contributed by atoms with Crippen molar-refractivity contribution in [1.82, 2.24) is 9.97 Å². The van der Waals surface area contributed by atoms with Gasteiger partial charge in [-0.15, -0.1) is 0 Å². The molecule has 0 radical (unpaired) electrons. The van der Waals surface area contributed by atoms with Crippen LogP contribution in [0, 0.1) is 5.82 Å². The van der Waals surface area contributed by atoms with Crippen molar-refractivity contribution in [2.24, 2.45) is 0 Å². The molecule has 0 saturated heterocycles. The average Bonchev–Trinajstić information content (AvgIpc) is 2.90. The number of rotatable bonds is 0. The van der Waals surface area contributed by atoms with Gasteiger partial charge < -0.3 is 4.98 Å². The Bertz CT molecular complexity index is 1190. The third kappa shape index (κ3) is 1.51. The number of aromatic amines is 1. The van der Waals surface area contributed by atoms with Crippen molar-refractivity contribution in [2.45, 2.75) is 0 Å². The molecule has 0 saturated carbocycles. The fourth-order valence-electron chi connectivity index (χ4n) is 3.23. The largest absolute Gasteiger partial charge is 0.354 e. The van der Waals surface area contributed by atoms with Gasteiger partial charge in [0.25, 0.3) is 0 Å². The lowest BCUT2D eigenvalue weighted by molar-refractivity contribution is 0.629. The number of nitrogens with one attached hydrogen (secondary N) is 1. The number of H-pyrrole nitrogens is 1. The van der Waals surface area contributed by atoms with Gasteiger partial charge in [-0.05, 0) is 35.7 Å². The van der Waals surface area contributed by atoms with E-state index in [4.69, 9.17) is 0 Å². The summed E-state index contributed by atoms with van der Waals surface area (Å²) in [7, 11) is 0. The molecule has 0 aliphatic rings. The summed E-state index contributed by atoms with van der Waals surface area (Å²) < 4.78 is 13.4. The molecule has 5 aromatic rings. The number of nitrogens with zero attached hydrogens (tertiary/aromatic N) is 1. The molecule has 0 atom stereocenters. The van der Waals surface area contributed by atoms with Crippen LogP contribution in [0.5, 0.6) is 0 Å². The summed E-state index contributed by atoms with van der Waals surface area (Å²) in [5.74, 6) is -0.258. The fourth-order valence-corrected chi connectivity index (χ4v) is 3.23. The van der Waals surface area contributed by atoms with Crippen LogP contribution in [0.4, 0.5) is 4.39 Å². The van der Waals surface area contributed by atoms with Crippen LogP contribution in [0.2, 0.25) is 0 Å². The van der Waals surface area contributed by atoms with Gasteiger partial charge in [0.1, 0.15) is 5.82 Å². The van der Waals surface area contributed by atoms with Crippen molar-refractivity contribution in [2.75, 3.05) is 0 Å². The maximum absolute atomic E-state index is 13.4. The number of hydrogen-bond donors (Lipinski definition) is 1. The summed E-state index contributed by atoms with van der Waals surface area (Å²) >= 11 is 0. The van der Waals surface area contributed by atoms with E-state index in [2.05, 4.69) is 34.2 Å². The van der Waals surface area contributed by atoms with Crippen LogP contribution in [0.1, 0.15) is 0 Å². The van der Waals surface area contributed by atoms with Crippen LogP contribution >= 0.6 is 0 Å². The monoisotopic (exact) mass is 286 g/mol. The van der Waals surface area contributed by atoms with Crippen LogP contribution in [-0.2, 0) is 0 Å². The minimum absolute atomic E-state index is 0.258. The quantitative estimate of drug-likeness (QED) is 0.391. The number of fused-ring (bicyclic) bond motifs is 6. The van der Waals surface area contributed by atoms with Crippen molar-refractivity contribution in [3.63, 3.8) is 0 Å². The van der Waals surface area contributed by atoms with E-state index in [9.17, 15) is 4.39 Å². The normalized spacial score (nSPS) is 11.9. The number of halogens is 1. The molecule has 104 valence electrons. The predicted molar refractivity (Wildman–Crippen MR) is 88.6 cm³/mol. The number of benzene rings is 3. The first-order chi connectivity index (χ1) is 10.8. The maximum Gasteiger partial charge on any atom is 0.125 e. The average molecular weight is 286 g/mol. The molecule has 3 heteroatoms. The van der Waals surface area contributed by atoms with Gasteiger partial charge in [-0.25, -0.2) is 4.39 Å². The van der Waals surface area contributed by atoms with Crippen LogP contribution in [0.15, 0.2) is 60.8 Å². The first-order valence-corrected chi connectivity index (χ1v) is 7.18. The molecular formula is C19H11FN2. The van der Waals surface area contributed by atoms with E-state index in [0.717, 1.165) is 27.2 Å². The lowest BCUT2D eigenvalue weighted by Crippen LogP contribution is -1.84. The highest BCUT2D eigenvalue weighted by Gasteiger charge is 2.08. The van der Waals surface area contributed by atoms with Crippen LogP contribution in [-0.4, -0.2) is 9.97 Å². The van der Waals surface area contributed by atoms with E-state index in [-0.39, 0.29) is 5.82 Å². The fraction of sp³-hybridized carbons (Fsp3) is 0. The van der Waals surface area contributed by atoms with Gasteiger partial charge >= 0.3 is 0 Å². The van der Waals surface area contributed by atoms with E-state index in [1.165, 1.54) is 22.9 Å². The molecule has 3 aromatic carbocycles. The van der Waals surface area contributed by atoms with Gasteiger partial charge in [0.05, 0.1) is 5.52 Å². The predicted octanol–water partition coefficient (Wildman–Crippen LogP) is 5.16. The van der Waals surface area contributed by atoms with Gasteiger partial charge in [-0.2, -0.15) is 0 Å². The van der Waals surface area contributed by atoms with Crippen LogP contribution in [0.25, 0.3) is 43.5 Å². The van der Waals surface area contributed by atoms with Crippen molar-refractivity contribution in [3.8, 4) is 0 Å². The molecule has 5 rings (SSSR count). The summed E-state index contributed by atoms with van der Waals surface area (Å²) in [5.41, 5.74) is 2.89. The Morgan fingerprint density at radius 2 is 1.68 bits per heavy atom. The van der Waals surface area contributed by atoms with E-state index >= 15 is 0 Å². The van der Waals surface area contributed by atoms with Gasteiger partial charge in [0.2, 0.25) is 0 Å². The number of pyridine rings is 1. The third-order valence-electron chi connectivity index (χ3n) is 4.27. The Morgan fingerprint density at radius 3 is 2.64 bits per heavy atom. The van der Waals surface area contributed by atoms with Crippen molar-refractivity contribution >= 4 is 43.5 Å². The topological polar surface area (TPSA) is 28.7 Å². The Hall–Kier alpha value is -2.94. The van der Waals surface area contributed by atoms with Crippen molar-refractivity contribution in [3.05, 3.63) is 66.6 Å². The Labute approximate surface area is 125 Å². The Balaban J connectivity index is 2.00. The molecule has 2 aromatic heterocycles. The smallest absolute Gasteiger partial charge is 0.125 e. The highest BCUT2D eigenvalue weighted by molar-refractivity contribution is 6.16. The molecule has 0 spiro atoms. The zero-order valence-electron chi connectivity index (χ0n) is 11.6. The summed E-state index contributed by atoms with van der Waals surface area (Å²) in [5, 5.41) is 5.52. The molecule has 1 N–H and O–H groups in total. The lowest BCUT2D eigenvalue weighted by Gasteiger charge is -2.04. The maximum atomic E-state index is 13.4. The summed E-state index contributed by atoms with van der Waals surface area (Å²) in [6.45, 7) is 0. The third-order valence-corrected chi connectivity index (χ3v) is 4.27. The van der Waals surface area contributed by atoms with E-state index in [1.54, 1.807) is 6.07 Å². The summed E-state index contributed by atoms with van der Waals surface area (Å²) in [6.07, 6.45) is 1.82. The molecule has 0 fully saturated rings. The first-order valence-electron chi connectivity index (χ1n) is 7.18. The van der Waals surface area contributed by atoms with Gasteiger partial charge in [0, 0.05) is 44.8 Å².